The van der Waals surface area contributed by atoms with Gasteiger partial charge in [0.25, 0.3) is 0 Å². The average molecular weight is 742 g/mol. The molecular formula is C22H46BO4Sn3. The molecule has 4 nitrogen and oxygen atoms in total. The Kier molecular flexibility index (Phi) is 13.4. The van der Waals surface area contributed by atoms with Gasteiger partial charge in [-0.25, -0.2) is 0 Å². The molecule has 0 unspecified atom stereocenters. The molecule has 0 aromatic rings. The molecule has 0 N–H and O–H groups in total. The van der Waals surface area contributed by atoms with Crippen molar-refractivity contribution in [3.63, 3.8) is 0 Å². The molecule has 173 valence electrons. The van der Waals surface area contributed by atoms with Crippen LogP contribution in [0.25, 0.3) is 0 Å². The summed E-state index contributed by atoms with van der Waals surface area (Å²) < 4.78 is 37.2. The van der Waals surface area contributed by atoms with Crippen LogP contribution >= 0.6 is 0 Å². The van der Waals surface area contributed by atoms with Crippen LogP contribution < -0.4 is 0 Å². The molecule has 1 aliphatic heterocycles. The van der Waals surface area contributed by atoms with Crippen molar-refractivity contribution in [1.29, 1.82) is 0 Å². The number of rotatable bonds is 15. The maximum absolute atomic E-state index is 7.00. The van der Waals surface area contributed by atoms with Crippen molar-refractivity contribution in [2.24, 2.45) is 0 Å². The Labute approximate surface area is 201 Å². The summed E-state index contributed by atoms with van der Waals surface area (Å²) in [5, 5.41) is 0. The predicted molar refractivity (Wildman–Crippen MR) is 137 cm³/mol. The molecule has 0 aliphatic carbocycles. The van der Waals surface area contributed by atoms with Crippen LogP contribution in [0.2, 0.25) is 39.9 Å². The molecule has 1 aliphatic rings. The molecule has 0 fully saturated rings. The average Bonchev–Trinajstić information content (AvgIpc) is 2.81. The van der Waals surface area contributed by atoms with E-state index in [1.165, 1.54) is 13.3 Å². The zero-order chi connectivity index (χ0) is 22.8. The van der Waals surface area contributed by atoms with Crippen molar-refractivity contribution in [3.05, 3.63) is 23.4 Å². The van der Waals surface area contributed by atoms with Gasteiger partial charge < -0.3 is 0 Å². The standard InChI is InChI=1S/C4H4BO4.9C2H5.3Sn/c6-2-1-5-9-4(8)3(2)7;9*1-2;;;/h1,6-8H;9*1H2,2H3;;;/q;;;;;;;;;;3*+1/p-3. The van der Waals surface area contributed by atoms with Gasteiger partial charge in [0.2, 0.25) is 0 Å². The van der Waals surface area contributed by atoms with E-state index in [4.69, 9.17) is 13.9 Å². The van der Waals surface area contributed by atoms with Crippen LogP contribution in [0.15, 0.2) is 23.4 Å². The third-order valence-corrected chi connectivity index (χ3v) is 46.1. The summed E-state index contributed by atoms with van der Waals surface area (Å²) in [6.07, 6.45) is 0. The van der Waals surface area contributed by atoms with Crippen LogP contribution in [0.3, 0.4) is 0 Å². The van der Waals surface area contributed by atoms with Gasteiger partial charge in [-0.15, -0.1) is 0 Å². The van der Waals surface area contributed by atoms with Gasteiger partial charge in [-0.1, -0.05) is 0 Å². The fraction of sp³-hybridized carbons (Fsp3) is 0.818. The normalized spacial score (nSPS) is 15.3. The number of hydrogen-bond acceptors (Lipinski definition) is 4. The Morgan fingerprint density at radius 3 is 1.37 bits per heavy atom. The Morgan fingerprint density at radius 1 is 0.600 bits per heavy atom. The molecule has 0 spiro atoms. The zero-order valence-electron chi connectivity index (χ0n) is 21.2. The molecule has 1 heterocycles. The second kappa shape index (κ2) is 13.8. The molecule has 0 aromatic heterocycles. The fourth-order valence-corrected chi connectivity index (χ4v) is 25.8. The van der Waals surface area contributed by atoms with Gasteiger partial charge in [-0.3, -0.25) is 0 Å². The quantitative estimate of drug-likeness (QED) is 0.161. The van der Waals surface area contributed by atoms with Crippen molar-refractivity contribution in [2.75, 3.05) is 0 Å². The first-order valence-corrected chi connectivity index (χ1v) is 34.0. The third-order valence-electron chi connectivity index (χ3n) is 7.56. The van der Waals surface area contributed by atoms with Gasteiger partial charge in [-0.2, -0.15) is 0 Å². The third kappa shape index (κ3) is 7.07. The minimum absolute atomic E-state index is 0.619. The summed E-state index contributed by atoms with van der Waals surface area (Å²) in [5.74, 6) is 4.33. The second-order valence-electron chi connectivity index (χ2n) is 8.44. The summed E-state index contributed by atoms with van der Waals surface area (Å²) in [7, 11) is 1.76. The van der Waals surface area contributed by atoms with Crippen molar-refractivity contribution < 1.29 is 13.9 Å². The number of hydrogen-bond donors (Lipinski definition) is 0. The first kappa shape index (κ1) is 29.2. The predicted octanol–water partition coefficient (Wildman–Crippen LogP) is 7.71. The summed E-state index contributed by atoms with van der Waals surface area (Å²) in [6, 6.07) is 0. The minimum atomic E-state index is -2.77. The Morgan fingerprint density at radius 2 is 0.967 bits per heavy atom. The second-order valence-corrected chi connectivity index (χ2v) is 48.6. The van der Waals surface area contributed by atoms with E-state index in [1.54, 1.807) is 7.48 Å². The molecule has 30 heavy (non-hydrogen) atoms. The van der Waals surface area contributed by atoms with E-state index in [0.29, 0.717) is 5.95 Å². The molecule has 0 saturated heterocycles. The van der Waals surface area contributed by atoms with E-state index >= 15 is 0 Å². The van der Waals surface area contributed by atoms with E-state index in [9.17, 15) is 0 Å². The topological polar surface area (TPSA) is 36.9 Å². The zero-order valence-corrected chi connectivity index (χ0v) is 29.7. The van der Waals surface area contributed by atoms with Crippen LogP contribution in [0.4, 0.5) is 0 Å². The Balaban J connectivity index is 3.48. The Bertz CT molecular complexity index is 558. The van der Waals surface area contributed by atoms with Crippen molar-refractivity contribution >= 4 is 63.9 Å². The van der Waals surface area contributed by atoms with Gasteiger partial charge in [-0.05, 0) is 0 Å². The summed E-state index contributed by atoms with van der Waals surface area (Å²) in [5.41, 5.74) is 0. The summed E-state index contributed by atoms with van der Waals surface area (Å²) in [4.78, 5) is 0. The molecule has 1 rings (SSSR count). The van der Waals surface area contributed by atoms with E-state index in [1.807, 2.05) is 5.98 Å². The fourth-order valence-electron chi connectivity index (χ4n) is 4.18. The molecule has 1 radical (unpaired) electrons. The monoisotopic (exact) mass is 745 g/mol. The van der Waals surface area contributed by atoms with Gasteiger partial charge in [0.15, 0.2) is 0 Å². The molecule has 8 heteroatoms. The van der Waals surface area contributed by atoms with Gasteiger partial charge in [0.05, 0.1) is 0 Å². The van der Waals surface area contributed by atoms with E-state index in [2.05, 4.69) is 62.3 Å². The summed E-state index contributed by atoms with van der Waals surface area (Å²) in [6.45, 7) is 20.6. The molecule has 0 atom stereocenters. The van der Waals surface area contributed by atoms with Gasteiger partial charge >= 0.3 is 203 Å². The van der Waals surface area contributed by atoms with Crippen molar-refractivity contribution in [3.8, 4) is 0 Å². The SMILES string of the molecule is C[CH2][Sn]([CH2]C)([CH2]C)[O]C1=C[B]OC([O][Sn]([CH2]C)([CH2]C)[CH2]C)=C1[O][Sn]([CH2]C)([CH2]C)[CH2]C. The first-order chi connectivity index (χ1) is 14.3. The molecule has 0 saturated carbocycles. The Hall–Kier alpha value is 1.14. The van der Waals surface area contributed by atoms with Crippen molar-refractivity contribution in [1.82, 2.24) is 0 Å². The van der Waals surface area contributed by atoms with Crippen LogP contribution in [0.1, 0.15) is 62.3 Å². The molecule has 0 amide bonds. The van der Waals surface area contributed by atoms with Crippen LogP contribution in [0, 0.1) is 0 Å². The van der Waals surface area contributed by atoms with E-state index < -0.39 is 56.4 Å². The molecule has 0 aromatic carbocycles. The van der Waals surface area contributed by atoms with Crippen molar-refractivity contribution in [2.45, 2.75) is 102 Å². The molecule has 0 bridgehead atoms. The van der Waals surface area contributed by atoms with Gasteiger partial charge in [0.1, 0.15) is 0 Å². The first-order valence-electron chi connectivity index (χ1n) is 12.3. The summed E-state index contributed by atoms with van der Waals surface area (Å²) >= 11 is -8.20. The van der Waals surface area contributed by atoms with E-state index in [0.717, 1.165) is 38.1 Å². The molecular weight excluding hydrogens is 695 g/mol. The van der Waals surface area contributed by atoms with E-state index in [-0.39, 0.29) is 0 Å². The van der Waals surface area contributed by atoms with Crippen LogP contribution in [0.5, 0.6) is 0 Å². The van der Waals surface area contributed by atoms with Crippen LogP contribution in [-0.2, 0) is 13.9 Å². The van der Waals surface area contributed by atoms with Gasteiger partial charge in [0, 0.05) is 0 Å². The maximum atomic E-state index is 7.00. The van der Waals surface area contributed by atoms with Crippen LogP contribution in [-0.4, -0.2) is 63.9 Å².